The second-order valence-corrected chi connectivity index (χ2v) is 9.06. The molecule has 1 N–H and O–H groups in total. The van der Waals surface area contributed by atoms with E-state index in [4.69, 9.17) is 11.6 Å². The number of hydrogen-bond acceptors (Lipinski definition) is 4. The topological polar surface area (TPSA) is 90.6 Å². The van der Waals surface area contributed by atoms with Crippen LogP contribution in [0.4, 0.5) is 13.2 Å². The zero-order valence-electron chi connectivity index (χ0n) is 15.7. The summed E-state index contributed by atoms with van der Waals surface area (Å²) in [6, 6.07) is 5.37. The number of H-pyrrole nitrogens is 1. The second-order valence-electron chi connectivity index (χ2n) is 6.72. The van der Waals surface area contributed by atoms with Gasteiger partial charge in [0.05, 0.1) is 15.5 Å². The highest BCUT2D eigenvalue weighted by Gasteiger charge is 2.36. The Morgan fingerprint density at radius 1 is 1.10 bits per heavy atom. The minimum atomic E-state index is -4.80. The molecule has 7 nitrogen and oxygen atoms in total. The van der Waals surface area contributed by atoms with E-state index in [-0.39, 0.29) is 31.7 Å². The Balaban J connectivity index is 1.77. The number of piperazine rings is 1. The van der Waals surface area contributed by atoms with Gasteiger partial charge in [-0.05, 0) is 37.3 Å². The van der Waals surface area contributed by atoms with E-state index in [1.807, 2.05) is 0 Å². The van der Waals surface area contributed by atoms with Gasteiger partial charge in [-0.1, -0.05) is 11.6 Å². The van der Waals surface area contributed by atoms with Crippen LogP contribution in [-0.2, 0) is 16.2 Å². The van der Waals surface area contributed by atoms with Gasteiger partial charge >= 0.3 is 6.18 Å². The summed E-state index contributed by atoms with van der Waals surface area (Å²) < 4.78 is 65.7. The molecule has 0 saturated carbocycles. The Morgan fingerprint density at radius 2 is 1.73 bits per heavy atom. The first kappa shape index (κ1) is 22.3. The van der Waals surface area contributed by atoms with Crippen LogP contribution < -0.4 is 5.56 Å². The van der Waals surface area contributed by atoms with E-state index in [0.717, 1.165) is 16.4 Å². The third-order valence-corrected chi connectivity index (χ3v) is 6.92. The molecule has 0 aliphatic carbocycles. The van der Waals surface area contributed by atoms with Gasteiger partial charge in [-0.2, -0.15) is 17.5 Å². The summed E-state index contributed by atoms with van der Waals surface area (Å²) in [5.41, 5.74) is -1.26. The van der Waals surface area contributed by atoms with Crippen LogP contribution in [0.25, 0.3) is 0 Å². The number of amides is 1. The maximum atomic E-state index is 13.1. The number of aryl methyl sites for hydroxylation is 1. The van der Waals surface area contributed by atoms with Gasteiger partial charge in [-0.25, -0.2) is 8.42 Å². The number of carbonyl (C=O) groups is 1. The molecule has 2 aromatic rings. The van der Waals surface area contributed by atoms with Crippen LogP contribution in [0.3, 0.4) is 0 Å². The largest absolute Gasteiger partial charge is 0.417 e. The fourth-order valence-corrected chi connectivity index (χ4v) is 4.75. The van der Waals surface area contributed by atoms with Gasteiger partial charge in [-0.15, -0.1) is 0 Å². The van der Waals surface area contributed by atoms with Gasteiger partial charge in [0.1, 0.15) is 5.56 Å². The Kier molecular flexibility index (Phi) is 5.99. The SMILES string of the molecule is Cc1ccc(C(=O)N2CCN(S(=O)(=O)c3ccc(Cl)c(C(F)(F)F)c3)CC2)c(=O)[nH]1. The third kappa shape index (κ3) is 4.37. The molecule has 1 aliphatic heterocycles. The summed E-state index contributed by atoms with van der Waals surface area (Å²) in [6.07, 6.45) is -4.80. The highest BCUT2D eigenvalue weighted by atomic mass is 35.5. The molecule has 1 saturated heterocycles. The lowest BCUT2D eigenvalue weighted by Crippen LogP contribution is -2.51. The fourth-order valence-electron chi connectivity index (χ4n) is 3.07. The van der Waals surface area contributed by atoms with Crippen LogP contribution in [0.15, 0.2) is 40.0 Å². The summed E-state index contributed by atoms with van der Waals surface area (Å²) in [6.45, 7) is 1.40. The van der Waals surface area contributed by atoms with Gasteiger partial charge < -0.3 is 9.88 Å². The molecule has 0 atom stereocenters. The number of alkyl halides is 3. The van der Waals surface area contributed by atoms with Gasteiger partial charge in [0.2, 0.25) is 10.0 Å². The minimum absolute atomic E-state index is 0.00883. The molecular formula is C18H17ClF3N3O4S. The highest BCUT2D eigenvalue weighted by Crippen LogP contribution is 2.36. The lowest BCUT2D eigenvalue weighted by molar-refractivity contribution is -0.137. The number of carbonyl (C=O) groups excluding carboxylic acids is 1. The number of aromatic nitrogens is 1. The maximum Gasteiger partial charge on any atom is 0.417 e. The number of nitrogens with one attached hydrogen (secondary N) is 1. The average Bonchev–Trinajstić information content (AvgIpc) is 2.67. The molecular weight excluding hydrogens is 447 g/mol. The van der Waals surface area contributed by atoms with Gasteiger partial charge in [-0.3, -0.25) is 9.59 Å². The number of benzene rings is 1. The van der Waals surface area contributed by atoms with Crippen LogP contribution in [0.1, 0.15) is 21.6 Å². The van der Waals surface area contributed by atoms with E-state index in [2.05, 4.69) is 4.98 Å². The third-order valence-electron chi connectivity index (χ3n) is 4.69. The zero-order chi connectivity index (χ0) is 22.3. The normalized spacial score (nSPS) is 16.0. The molecule has 1 aliphatic rings. The summed E-state index contributed by atoms with van der Waals surface area (Å²) in [5.74, 6) is -0.542. The zero-order valence-corrected chi connectivity index (χ0v) is 17.2. The van der Waals surface area contributed by atoms with Crippen molar-refractivity contribution >= 4 is 27.5 Å². The molecule has 30 heavy (non-hydrogen) atoms. The minimum Gasteiger partial charge on any atom is -0.336 e. The fraction of sp³-hybridized carbons (Fsp3) is 0.333. The molecule has 1 amide bonds. The summed E-state index contributed by atoms with van der Waals surface area (Å²) in [5, 5.41) is -0.597. The molecule has 12 heteroatoms. The smallest absolute Gasteiger partial charge is 0.336 e. The Bertz CT molecular complexity index is 1140. The molecule has 2 heterocycles. The first-order valence-corrected chi connectivity index (χ1v) is 10.6. The lowest BCUT2D eigenvalue weighted by atomic mass is 10.2. The highest BCUT2D eigenvalue weighted by molar-refractivity contribution is 7.89. The first-order chi connectivity index (χ1) is 13.9. The summed E-state index contributed by atoms with van der Waals surface area (Å²) >= 11 is 5.55. The predicted molar refractivity (Wildman–Crippen MR) is 103 cm³/mol. The second kappa shape index (κ2) is 8.05. The Morgan fingerprint density at radius 3 is 2.30 bits per heavy atom. The van der Waals surface area contributed by atoms with Crippen LogP contribution in [0.5, 0.6) is 0 Å². The number of halogens is 4. The first-order valence-electron chi connectivity index (χ1n) is 8.77. The molecule has 1 fully saturated rings. The monoisotopic (exact) mass is 463 g/mol. The van der Waals surface area contributed by atoms with Crippen molar-refractivity contribution < 1.29 is 26.4 Å². The quantitative estimate of drug-likeness (QED) is 0.757. The van der Waals surface area contributed by atoms with Gasteiger partial charge in [0.15, 0.2) is 0 Å². The van der Waals surface area contributed by atoms with E-state index in [0.29, 0.717) is 11.8 Å². The Labute approximate surface area is 175 Å². The molecule has 3 rings (SSSR count). The van der Waals surface area contributed by atoms with Crippen molar-refractivity contribution in [3.8, 4) is 0 Å². The lowest BCUT2D eigenvalue weighted by Gasteiger charge is -2.34. The van der Waals surface area contributed by atoms with Crippen LogP contribution in [-0.4, -0.2) is 54.7 Å². The van der Waals surface area contributed by atoms with E-state index in [1.165, 1.54) is 11.0 Å². The maximum absolute atomic E-state index is 13.1. The molecule has 0 bridgehead atoms. The number of hydrogen-bond donors (Lipinski definition) is 1. The van der Waals surface area contributed by atoms with Crippen LogP contribution >= 0.6 is 11.6 Å². The van der Waals surface area contributed by atoms with Crippen molar-refractivity contribution in [2.24, 2.45) is 0 Å². The van der Waals surface area contributed by atoms with Crippen LogP contribution in [0, 0.1) is 6.92 Å². The van der Waals surface area contributed by atoms with Crippen molar-refractivity contribution in [3.05, 3.63) is 62.5 Å². The molecule has 1 aromatic heterocycles. The standard InChI is InChI=1S/C18H17ClF3N3O4S/c1-11-2-4-13(16(26)23-11)17(27)24-6-8-25(9-7-24)30(28,29)12-3-5-15(19)14(10-12)18(20,21)22/h2-5,10H,6-9H2,1H3,(H,23,26). The number of sulfonamides is 1. The number of rotatable bonds is 3. The Hall–Kier alpha value is -2.37. The summed E-state index contributed by atoms with van der Waals surface area (Å²) in [7, 11) is -4.22. The molecule has 1 aromatic carbocycles. The number of nitrogens with zero attached hydrogens (tertiary/aromatic N) is 2. The molecule has 0 radical (unpaired) electrons. The van der Waals surface area contributed by atoms with Crippen molar-refractivity contribution in [3.63, 3.8) is 0 Å². The van der Waals surface area contributed by atoms with Crippen molar-refractivity contribution in [1.29, 1.82) is 0 Å². The molecule has 0 unspecified atom stereocenters. The number of pyridine rings is 1. The average molecular weight is 464 g/mol. The van der Waals surface area contributed by atoms with Crippen molar-refractivity contribution in [1.82, 2.24) is 14.2 Å². The van der Waals surface area contributed by atoms with Gasteiger partial charge in [0.25, 0.3) is 11.5 Å². The summed E-state index contributed by atoms with van der Waals surface area (Å²) in [4.78, 5) is 27.8. The molecule has 162 valence electrons. The molecule has 0 spiro atoms. The van der Waals surface area contributed by atoms with E-state index >= 15 is 0 Å². The van der Waals surface area contributed by atoms with Crippen LogP contribution in [0.2, 0.25) is 5.02 Å². The van der Waals surface area contributed by atoms with E-state index in [1.54, 1.807) is 13.0 Å². The van der Waals surface area contributed by atoms with E-state index in [9.17, 15) is 31.2 Å². The van der Waals surface area contributed by atoms with Crippen molar-refractivity contribution in [2.75, 3.05) is 26.2 Å². The van der Waals surface area contributed by atoms with Gasteiger partial charge in [0, 0.05) is 31.9 Å². The van der Waals surface area contributed by atoms with Crippen molar-refractivity contribution in [2.45, 2.75) is 18.0 Å². The number of aromatic amines is 1. The predicted octanol–water partition coefficient (Wildman–Crippen LogP) is 2.50. The van der Waals surface area contributed by atoms with E-state index < -0.39 is 43.1 Å².